The molecule has 0 unspecified atom stereocenters. The van der Waals surface area contributed by atoms with Gasteiger partial charge in [0, 0.05) is 44.1 Å². The van der Waals surface area contributed by atoms with Crippen molar-refractivity contribution in [2.24, 2.45) is 0 Å². The van der Waals surface area contributed by atoms with Crippen LogP contribution >= 0.6 is 0 Å². The lowest BCUT2D eigenvalue weighted by atomic mass is 9.93. The molecule has 4 aromatic heterocycles. The summed E-state index contributed by atoms with van der Waals surface area (Å²) in [4.78, 5) is 20.5. The van der Waals surface area contributed by atoms with Crippen LogP contribution in [-0.2, 0) is 0 Å². The Morgan fingerprint density at radius 1 is 0.422 bits per heavy atom. The van der Waals surface area contributed by atoms with Crippen LogP contribution in [-0.4, -0.2) is 19.9 Å². The first-order valence-electron chi connectivity index (χ1n) is 15.6. The zero-order valence-electron chi connectivity index (χ0n) is 24.4. The summed E-state index contributed by atoms with van der Waals surface area (Å²) < 4.78 is 0. The average Bonchev–Trinajstić information content (AvgIpc) is 3.96. The summed E-state index contributed by atoms with van der Waals surface area (Å²) in [5.41, 5.74) is 8.92. The van der Waals surface area contributed by atoms with Gasteiger partial charge in [0.15, 0.2) is 0 Å². The molecule has 9 aromatic rings. The fraction of sp³-hybridized carbons (Fsp3) is 0.0732. The Labute approximate surface area is 259 Å². The number of nitrogens with zero attached hydrogens (tertiary/aromatic N) is 4. The second-order valence-corrected chi connectivity index (χ2v) is 12.2. The van der Waals surface area contributed by atoms with E-state index in [4.69, 9.17) is 15.0 Å². The summed E-state index contributed by atoms with van der Waals surface area (Å²) in [6.45, 7) is 0. The minimum atomic E-state index is 0.707. The maximum absolute atomic E-state index is 5.41. The molecule has 4 heterocycles. The Morgan fingerprint density at radius 2 is 1.09 bits per heavy atom. The largest absolute Gasteiger partial charge is 0.254 e. The topological polar surface area (TPSA) is 51.6 Å². The summed E-state index contributed by atoms with van der Waals surface area (Å²) >= 11 is 0. The normalized spacial score (nSPS) is 13.5. The molecular formula is C41H26N4. The van der Waals surface area contributed by atoms with Crippen molar-refractivity contribution in [2.75, 3.05) is 0 Å². The molecule has 45 heavy (non-hydrogen) atoms. The lowest BCUT2D eigenvalue weighted by Gasteiger charge is -2.15. The smallest absolute Gasteiger partial charge is 0.0972 e. The summed E-state index contributed by atoms with van der Waals surface area (Å²) in [6, 6.07) is 43.1. The van der Waals surface area contributed by atoms with Crippen LogP contribution in [0.3, 0.4) is 0 Å². The Bertz CT molecular complexity index is 2670. The molecule has 5 aromatic carbocycles. The first kappa shape index (κ1) is 24.7. The highest BCUT2D eigenvalue weighted by Gasteiger charge is 2.24. The van der Waals surface area contributed by atoms with Gasteiger partial charge in [-0.3, -0.25) is 4.98 Å². The van der Waals surface area contributed by atoms with E-state index in [9.17, 15) is 0 Å². The number of hydrogen-bond donors (Lipinski definition) is 0. The standard InChI is InChI=1S/C41H26N4/c1-2-7-30-25(5-1)14-19-32-37(33-20-16-29-23-28(24-10-11-24)15-18-31(29)41(33)45-40(30)32)36-9-3-8-34(43-36)35-21-17-27-13-12-26-6-4-22-42-38(26)39(27)44-35/h1-9,12-24H,10-11H2. The van der Waals surface area contributed by atoms with Crippen LogP contribution in [0.25, 0.3) is 87.8 Å². The number of aromatic nitrogens is 4. The van der Waals surface area contributed by atoms with Crippen molar-refractivity contribution in [1.29, 1.82) is 0 Å². The Hall–Kier alpha value is -5.74. The molecule has 0 spiro atoms. The molecule has 210 valence electrons. The van der Waals surface area contributed by atoms with Crippen molar-refractivity contribution in [3.8, 4) is 22.6 Å². The van der Waals surface area contributed by atoms with E-state index in [1.807, 2.05) is 18.3 Å². The number of rotatable bonds is 3. The van der Waals surface area contributed by atoms with Crippen LogP contribution in [0.15, 0.2) is 128 Å². The van der Waals surface area contributed by atoms with Gasteiger partial charge in [0.2, 0.25) is 0 Å². The highest BCUT2D eigenvalue weighted by atomic mass is 14.8. The zero-order chi connectivity index (χ0) is 29.5. The van der Waals surface area contributed by atoms with Gasteiger partial charge >= 0.3 is 0 Å². The number of pyridine rings is 4. The monoisotopic (exact) mass is 574 g/mol. The maximum atomic E-state index is 5.41. The quantitative estimate of drug-likeness (QED) is 0.156. The molecule has 1 aliphatic carbocycles. The summed E-state index contributed by atoms with van der Waals surface area (Å²) in [6.07, 6.45) is 4.41. The minimum absolute atomic E-state index is 0.707. The van der Waals surface area contributed by atoms with Crippen molar-refractivity contribution < 1.29 is 0 Å². The lowest BCUT2D eigenvalue weighted by molar-refractivity contribution is 1.14. The molecule has 4 nitrogen and oxygen atoms in total. The predicted octanol–water partition coefficient (Wildman–Crippen LogP) is 10.4. The molecule has 1 fully saturated rings. The third kappa shape index (κ3) is 3.85. The Kier molecular flexibility index (Phi) is 5.14. The minimum Gasteiger partial charge on any atom is -0.254 e. The van der Waals surface area contributed by atoms with Gasteiger partial charge in [-0.1, -0.05) is 97.1 Å². The third-order valence-electron chi connectivity index (χ3n) is 9.43. The van der Waals surface area contributed by atoms with Gasteiger partial charge in [-0.15, -0.1) is 0 Å². The van der Waals surface area contributed by atoms with E-state index in [2.05, 4.69) is 114 Å². The van der Waals surface area contributed by atoms with Crippen LogP contribution in [0, 0.1) is 0 Å². The SMILES string of the molecule is c1cc(-c2ccc3ccc4cccnc4c3n2)nc(-c2c3ccc4ccccc4c3nc3c2ccc2cc(C4CC4)ccc23)c1. The number of benzene rings is 5. The van der Waals surface area contributed by atoms with Gasteiger partial charge in [-0.05, 0) is 59.4 Å². The van der Waals surface area contributed by atoms with Gasteiger partial charge in [0.25, 0.3) is 0 Å². The van der Waals surface area contributed by atoms with E-state index < -0.39 is 0 Å². The van der Waals surface area contributed by atoms with Crippen molar-refractivity contribution in [3.63, 3.8) is 0 Å². The highest BCUT2D eigenvalue weighted by Crippen LogP contribution is 2.43. The maximum Gasteiger partial charge on any atom is 0.0972 e. The fourth-order valence-corrected chi connectivity index (χ4v) is 7.02. The second-order valence-electron chi connectivity index (χ2n) is 12.2. The van der Waals surface area contributed by atoms with Crippen molar-refractivity contribution in [1.82, 2.24) is 19.9 Å². The van der Waals surface area contributed by atoms with E-state index in [1.165, 1.54) is 34.6 Å². The molecule has 4 heteroatoms. The predicted molar refractivity (Wildman–Crippen MR) is 186 cm³/mol. The molecule has 0 bridgehead atoms. The number of hydrogen-bond acceptors (Lipinski definition) is 4. The Morgan fingerprint density at radius 3 is 1.96 bits per heavy atom. The van der Waals surface area contributed by atoms with E-state index in [1.54, 1.807) is 0 Å². The molecule has 1 saturated carbocycles. The lowest BCUT2D eigenvalue weighted by Crippen LogP contribution is -1.96. The molecule has 0 amide bonds. The Balaban J connectivity index is 1.25. The first-order valence-corrected chi connectivity index (χ1v) is 15.6. The molecule has 10 rings (SSSR count). The van der Waals surface area contributed by atoms with Crippen LogP contribution in [0.1, 0.15) is 24.3 Å². The summed E-state index contributed by atoms with van der Waals surface area (Å²) in [5.74, 6) is 0.707. The first-order chi connectivity index (χ1) is 22.3. The highest BCUT2D eigenvalue weighted by molar-refractivity contribution is 6.21. The summed E-state index contributed by atoms with van der Waals surface area (Å²) in [5, 5.41) is 9.11. The van der Waals surface area contributed by atoms with Crippen LogP contribution in [0.5, 0.6) is 0 Å². The van der Waals surface area contributed by atoms with Crippen LogP contribution < -0.4 is 0 Å². The van der Waals surface area contributed by atoms with Gasteiger partial charge in [-0.2, -0.15) is 0 Å². The second kappa shape index (κ2) is 9.38. The van der Waals surface area contributed by atoms with E-state index in [0.717, 1.165) is 71.6 Å². The van der Waals surface area contributed by atoms with E-state index in [-0.39, 0.29) is 0 Å². The van der Waals surface area contributed by atoms with Gasteiger partial charge in [-0.25, -0.2) is 15.0 Å². The van der Waals surface area contributed by atoms with Gasteiger partial charge in [0.05, 0.1) is 39.1 Å². The van der Waals surface area contributed by atoms with E-state index in [0.29, 0.717) is 5.92 Å². The third-order valence-corrected chi connectivity index (χ3v) is 9.43. The fourth-order valence-electron chi connectivity index (χ4n) is 7.02. The zero-order valence-corrected chi connectivity index (χ0v) is 24.4. The van der Waals surface area contributed by atoms with Crippen molar-refractivity contribution in [2.45, 2.75) is 18.8 Å². The molecule has 0 atom stereocenters. The number of fused-ring (bicyclic) bond motifs is 9. The molecule has 0 aliphatic heterocycles. The van der Waals surface area contributed by atoms with E-state index >= 15 is 0 Å². The van der Waals surface area contributed by atoms with Gasteiger partial charge in [0.1, 0.15) is 0 Å². The molecule has 1 aliphatic rings. The van der Waals surface area contributed by atoms with Crippen LogP contribution in [0.2, 0.25) is 0 Å². The molecular weight excluding hydrogens is 548 g/mol. The van der Waals surface area contributed by atoms with Crippen molar-refractivity contribution in [3.05, 3.63) is 133 Å². The van der Waals surface area contributed by atoms with Crippen molar-refractivity contribution >= 4 is 65.2 Å². The molecule has 0 saturated heterocycles. The van der Waals surface area contributed by atoms with Crippen LogP contribution in [0.4, 0.5) is 0 Å². The molecule has 0 radical (unpaired) electrons. The molecule has 0 N–H and O–H groups in total. The summed E-state index contributed by atoms with van der Waals surface area (Å²) in [7, 11) is 0. The average molecular weight is 575 g/mol. The van der Waals surface area contributed by atoms with Gasteiger partial charge < -0.3 is 0 Å².